The monoisotopic (exact) mass is 378 g/mol. The van der Waals surface area contributed by atoms with Crippen LogP contribution in [0.1, 0.15) is 44.9 Å². The van der Waals surface area contributed by atoms with Gasteiger partial charge in [0.25, 0.3) is 0 Å². The third-order valence-corrected chi connectivity index (χ3v) is 6.85. The van der Waals surface area contributed by atoms with Crippen molar-refractivity contribution in [2.75, 3.05) is 7.11 Å². The van der Waals surface area contributed by atoms with Crippen molar-refractivity contribution in [3.05, 3.63) is 24.3 Å². The molecule has 0 aliphatic heterocycles. The largest absolute Gasteiger partial charge is 0.497 e. The Kier molecular flexibility index (Phi) is 3.71. The quantitative estimate of drug-likeness (QED) is 0.431. The summed E-state index contributed by atoms with van der Waals surface area (Å²) in [5.74, 6) is 2.88. The smallest absolute Gasteiger partial charge is 0.311 e. The number of esters is 1. The molecule has 23 heavy (non-hydrogen) atoms. The van der Waals surface area contributed by atoms with Crippen LogP contribution in [-0.4, -0.2) is 17.4 Å². The van der Waals surface area contributed by atoms with Crippen LogP contribution < -0.4 is 9.47 Å². The first-order valence-electron chi connectivity index (χ1n) is 8.51. The summed E-state index contributed by atoms with van der Waals surface area (Å²) in [7, 11) is 1.63. The lowest BCUT2D eigenvalue weighted by atomic mass is 9.49. The molecule has 0 amide bonds. The highest BCUT2D eigenvalue weighted by Crippen LogP contribution is 2.65. The van der Waals surface area contributed by atoms with E-state index < -0.39 is 0 Å². The Balaban J connectivity index is 1.44. The van der Waals surface area contributed by atoms with E-state index in [0.29, 0.717) is 12.2 Å². The van der Waals surface area contributed by atoms with E-state index in [0.717, 1.165) is 24.0 Å². The van der Waals surface area contributed by atoms with Gasteiger partial charge in [-0.15, -0.1) is 0 Å². The average Bonchev–Trinajstić information content (AvgIpc) is 2.44. The normalized spacial score (nSPS) is 37.7. The summed E-state index contributed by atoms with van der Waals surface area (Å²) in [6.45, 7) is 0. The molecule has 0 heterocycles. The lowest BCUT2D eigenvalue weighted by molar-refractivity contribution is -0.141. The molecule has 4 aliphatic rings. The molecule has 1 aromatic rings. The molecule has 5 rings (SSSR count). The van der Waals surface area contributed by atoms with Crippen LogP contribution in [0.3, 0.4) is 0 Å². The predicted octanol–water partition coefficient (Wildman–Crippen LogP) is 4.72. The number of alkyl halides is 1. The van der Waals surface area contributed by atoms with Crippen molar-refractivity contribution >= 4 is 21.9 Å². The maximum atomic E-state index is 12.5. The summed E-state index contributed by atoms with van der Waals surface area (Å²) in [6, 6.07) is 7.23. The first-order chi connectivity index (χ1) is 11.0. The van der Waals surface area contributed by atoms with Crippen LogP contribution in [0.25, 0.3) is 0 Å². The maximum Gasteiger partial charge on any atom is 0.311 e. The van der Waals surface area contributed by atoms with Crippen molar-refractivity contribution in [2.24, 2.45) is 17.3 Å². The van der Waals surface area contributed by atoms with Crippen LogP contribution in [0.2, 0.25) is 0 Å². The molecular formula is C19H23BrO3. The Hall–Kier alpha value is -1.03. The Morgan fingerprint density at radius 1 is 1.13 bits per heavy atom. The van der Waals surface area contributed by atoms with Crippen molar-refractivity contribution in [3.63, 3.8) is 0 Å². The summed E-state index contributed by atoms with van der Waals surface area (Å²) in [5.41, 5.74) is 0.164. The van der Waals surface area contributed by atoms with E-state index in [-0.39, 0.29) is 15.7 Å². The molecule has 4 bridgehead atoms. The fraction of sp³-hybridized carbons (Fsp3) is 0.632. The maximum absolute atomic E-state index is 12.5. The minimum absolute atomic E-state index is 0.0896. The number of carbonyl (C=O) groups excluding carboxylic acids is 1. The fourth-order valence-corrected chi connectivity index (χ4v) is 7.17. The second kappa shape index (κ2) is 5.51. The van der Waals surface area contributed by atoms with Crippen LogP contribution in [0.4, 0.5) is 0 Å². The average molecular weight is 379 g/mol. The second-order valence-corrected chi connectivity index (χ2v) is 9.62. The summed E-state index contributed by atoms with van der Waals surface area (Å²) < 4.78 is 11.0. The third-order valence-electron chi connectivity index (χ3n) is 5.92. The van der Waals surface area contributed by atoms with Gasteiger partial charge in [0.05, 0.1) is 13.5 Å². The summed E-state index contributed by atoms with van der Waals surface area (Å²) in [6.07, 6.45) is 8.04. The van der Waals surface area contributed by atoms with E-state index in [1.54, 1.807) is 19.2 Å². The van der Waals surface area contributed by atoms with Gasteiger partial charge in [-0.2, -0.15) is 0 Å². The highest BCUT2D eigenvalue weighted by Gasteiger charge is 2.57. The number of rotatable bonds is 4. The Morgan fingerprint density at radius 3 is 2.30 bits per heavy atom. The molecule has 2 atom stereocenters. The first kappa shape index (κ1) is 15.5. The van der Waals surface area contributed by atoms with Crippen LogP contribution in [0.5, 0.6) is 11.5 Å². The molecule has 0 aromatic heterocycles. The van der Waals surface area contributed by atoms with Crippen molar-refractivity contribution in [1.82, 2.24) is 0 Å². The highest BCUT2D eigenvalue weighted by molar-refractivity contribution is 9.10. The van der Waals surface area contributed by atoms with Gasteiger partial charge in [-0.3, -0.25) is 4.79 Å². The van der Waals surface area contributed by atoms with Crippen LogP contribution in [0.15, 0.2) is 24.3 Å². The van der Waals surface area contributed by atoms with Crippen molar-refractivity contribution in [1.29, 1.82) is 0 Å². The van der Waals surface area contributed by atoms with Gasteiger partial charge < -0.3 is 9.47 Å². The molecule has 0 radical (unpaired) electrons. The molecule has 0 saturated heterocycles. The second-order valence-electron chi connectivity index (χ2n) is 7.94. The van der Waals surface area contributed by atoms with Crippen molar-refractivity contribution in [3.8, 4) is 11.5 Å². The van der Waals surface area contributed by atoms with Gasteiger partial charge in [-0.1, -0.05) is 15.9 Å². The molecule has 124 valence electrons. The van der Waals surface area contributed by atoms with Crippen LogP contribution in [0, 0.1) is 17.3 Å². The zero-order valence-electron chi connectivity index (χ0n) is 13.5. The molecule has 4 saturated carbocycles. The SMILES string of the molecule is COc1ccc(OC(=O)CC23CC4CC(CC(Br)(C4)C2)C3)cc1. The number of halogens is 1. The van der Waals surface area contributed by atoms with Gasteiger partial charge in [0.2, 0.25) is 0 Å². The van der Waals surface area contributed by atoms with Gasteiger partial charge in [0.1, 0.15) is 11.5 Å². The minimum atomic E-state index is -0.0896. The zero-order valence-corrected chi connectivity index (χ0v) is 15.1. The molecule has 2 unspecified atom stereocenters. The standard InChI is InChI=1S/C19H23BrO3/c1-22-15-2-4-16(5-3-15)23-17(21)11-18-7-13-6-14(8-18)10-19(20,9-13)12-18/h2-5,13-14H,6-12H2,1H3. The van der Waals surface area contributed by atoms with Crippen LogP contribution >= 0.6 is 15.9 Å². The molecule has 1 aromatic carbocycles. The van der Waals surface area contributed by atoms with Gasteiger partial charge in [0.15, 0.2) is 0 Å². The number of carbonyl (C=O) groups is 1. The van der Waals surface area contributed by atoms with E-state index in [4.69, 9.17) is 9.47 Å². The summed E-state index contributed by atoms with van der Waals surface area (Å²) >= 11 is 4.00. The summed E-state index contributed by atoms with van der Waals surface area (Å²) in [4.78, 5) is 12.5. The molecule has 4 fully saturated rings. The van der Waals surface area contributed by atoms with E-state index >= 15 is 0 Å². The van der Waals surface area contributed by atoms with E-state index in [2.05, 4.69) is 15.9 Å². The number of hydrogen-bond donors (Lipinski definition) is 0. The Bertz CT molecular complexity index is 596. The Labute approximate surface area is 145 Å². The lowest BCUT2D eigenvalue weighted by Gasteiger charge is -2.60. The lowest BCUT2D eigenvalue weighted by Crippen LogP contribution is -2.53. The van der Waals surface area contributed by atoms with Crippen molar-refractivity contribution < 1.29 is 14.3 Å². The number of methoxy groups -OCH3 is 1. The molecular weight excluding hydrogens is 356 g/mol. The highest BCUT2D eigenvalue weighted by atomic mass is 79.9. The van der Waals surface area contributed by atoms with Gasteiger partial charge in [-0.05, 0) is 80.0 Å². The molecule has 4 aliphatic carbocycles. The van der Waals surface area contributed by atoms with Crippen molar-refractivity contribution in [2.45, 2.75) is 49.3 Å². The first-order valence-corrected chi connectivity index (χ1v) is 9.31. The molecule has 4 heteroatoms. The van der Waals surface area contributed by atoms with Gasteiger partial charge in [-0.25, -0.2) is 0 Å². The van der Waals surface area contributed by atoms with Crippen LogP contribution in [-0.2, 0) is 4.79 Å². The van der Waals surface area contributed by atoms with E-state index in [9.17, 15) is 4.79 Å². The van der Waals surface area contributed by atoms with E-state index in [1.807, 2.05) is 12.1 Å². The third kappa shape index (κ3) is 3.02. The predicted molar refractivity (Wildman–Crippen MR) is 92.0 cm³/mol. The van der Waals surface area contributed by atoms with E-state index in [1.165, 1.54) is 32.1 Å². The Morgan fingerprint density at radius 2 is 1.74 bits per heavy atom. The molecule has 0 N–H and O–H groups in total. The number of benzene rings is 1. The van der Waals surface area contributed by atoms with Gasteiger partial charge in [0, 0.05) is 4.32 Å². The molecule has 0 spiro atoms. The topological polar surface area (TPSA) is 35.5 Å². The zero-order chi connectivity index (χ0) is 16.1. The molecule has 3 nitrogen and oxygen atoms in total. The van der Waals surface area contributed by atoms with Gasteiger partial charge >= 0.3 is 5.97 Å². The number of ether oxygens (including phenoxy) is 2. The number of hydrogen-bond acceptors (Lipinski definition) is 3. The fourth-order valence-electron chi connectivity index (χ4n) is 5.66. The minimum Gasteiger partial charge on any atom is -0.497 e. The summed E-state index contributed by atoms with van der Waals surface area (Å²) in [5, 5.41) is 0.